The minimum atomic E-state index is -0.927. The van der Waals surface area contributed by atoms with E-state index in [1.165, 1.54) is 17.3 Å². The van der Waals surface area contributed by atoms with Crippen molar-refractivity contribution in [1.29, 1.82) is 5.26 Å². The summed E-state index contributed by atoms with van der Waals surface area (Å²) in [6, 6.07) is 32.5. The number of hydrogen-bond acceptors (Lipinski definition) is 4. The number of pyridine rings is 1. The van der Waals surface area contributed by atoms with Gasteiger partial charge >= 0.3 is 0 Å². The van der Waals surface area contributed by atoms with Crippen molar-refractivity contribution in [2.75, 3.05) is 5.75 Å². The third kappa shape index (κ3) is 4.30. The number of benzene rings is 3. The second-order valence-electron chi connectivity index (χ2n) is 8.41. The Balaban J connectivity index is 1.58. The third-order valence-electron chi connectivity index (χ3n) is 6.26. The maximum atomic E-state index is 11.6. The van der Waals surface area contributed by atoms with Gasteiger partial charge in [0.15, 0.2) is 0 Å². The molecule has 0 fully saturated rings. The smallest absolute Gasteiger partial charge is 0.115 e. The Labute approximate surface area is 198 Å². The van der Waals surface area contributed by atoms with Gasteiger partial charge in [-0.1, -0.05) is 84.9 Å². The van der Waals surface area contributed by atoms with Crippen LogP contribution in [0, 0.1) is 11.3 Å². The van der Waals surface area contributed by atoms with E-state index in [4.69, 9.17) is 4.98 Å². The maximum Gasteiger partial charge on any atom is 0.115 e. The number of aromatic nitrogens is 1. The molecule has 5 rings (SSSR count). The number of nitriles is 1. The highest BCUT2D eigenvalue weighted by Gasteiger charge is 2.34. The van der Waals surface area contributed by atoms with E-state index in [2.05, 4.69) is 12.1 Å². The molecular weight excluding hydrogens is 424 g/mol. The summed E-state index contributed by atoms with van der Waals surface area (Å²) >= 11 is 1.47. The van der Waals surface area contributed by atoms with Gasteiger partial charge in [-0.25, -0.2) is 4.98 Å². The van der Waals surface area contributed by atoms with Gasteiger partial charge in [-0.05, 0) is 42.0 Å². The first kappa shape index (κ1) is 21.5. The molecule has 1 heterocycles. The molecule has 4 heteroatoms. The number of fused-ring (bicyclic) bond motifs is 1. The van der Waals surface area contributed by atoms with E-state index in [0.29, 0.717) is 22.8 Å². The summed E-state index contributed by atoms with van der Waals surface area (Å²) in [6.07, 6.45) is 2.65. The molecule has 1 aromatic heterocycles. The van der Waals surface area contributed by atoms with Crippen LogP contribution in [0.2, 0.25) is 0 Å². The molecule has 0 amide bonds. The lowest BCUT2D eigenvalue weighted by Crippen LogP contribution is -2.33. The van der Waals surface area contributed by atoms with E-state index in [1.54, 1.807) is 0 Å². The highest BCUT2D eigenvalue weighted by atomic mass is 32.2. The molecule has 1 atom stereocenters. The average Bonchev–Trinajstić information content (AvgIpc) is 2.88. The largest absolute Gasteiger partial charge is 0.384 e. The molecule has 0 bridgehead atoms. The van der Waals surface area contributed by atoms with E-state index in [9.17, 15) is 10.4 Å². The normalized spacial score (nSPS) is 17.2. The van der Waals surface area contributed by atoms with Gasteiger partial charge in [0, 0.05) is 16.9 Å². The van der Waals surface area contributed by atoms with Crippen molar-refractivity contribution in [1.82, 2.24) is 4.98 Å². The molecule has 0 spiro atoms. The van der Waals surface area contributed by atoms with Gasteiger partial charge in [0.1, 0.15) is 11.1 Å². The molecule has 1 aliphatic rings. The van der Waals surface area contributed by atoms with Crippen molar-refractivity contribution in [3.8, 4) is 28.5 Å². The number of aryl methyl sites for hydroxylation is 1. The van der Waals surface area contributed by atoms with Crippen molar-refractivity contribution < 1.29 is 5.11 Å². The minimum Gasteiger partial charge on any atom is -0.384 e. The third-order valence-corrected chi connectivity index (χ3v) is 7.45. The number of rotatable bonds is 5. The molecule has 0 saturated carbocycles. The Kier molecular flexibility index (Phi) is 6.00. The van der Waals surface area contributed by atoms with Crippen molar-refractivity contribution in [2.24, 2.45) is 0 Å². The number of aliphatic hydroxyl groups is 1. The number of hydrogen-bond donors (Lipinski definition) is 1. The fourth-order valence-electron chi connectivity index (χ4n) is 4.57. The van der Waals surface area contributed by atoms with E-state index in [1.807, 2.05) is 84.9 Å². The van der Waals surface area contributed by atoms with Gasteiger partial charge in [0.2, 0.25) is 0 Å². The average molecular weight is 449 g/mol. The second kappa shape index (κ2) is 9.23. The predicted molar refractivity (Wildman–Crippen MR) is 134 cm³/mol. The van der Waals surface area contributed by atoms with Gasteiger partial charge in [-0.15, -0.1) is 11.8 Å². The van der Waals surface area contributed by atoms with Crippen LogP contribution in [0.5, 0.6) is 0 Å². The van der Waals surface area contributed by atoms with Gasteiger partial charge < -0.3 is 5.11 Å². The van der Waals surface area contributed by atoms with Crippen LogP contribution in [0.15, 0.2) is 96.0 Å². The Morgan fingerprint density at radius 3 is 2.30 bits per heavy atom. The molecule has 0 saturated heterocycles. The highest BCUT2D eigenvalue weighted by molar-refractivity contribution is 7.99. The first-order valence-electron chi connectivity index (χ1n) is 11.2. The number of thioether (sulfide) groups is 1. The van der Waals surface area contributed by atoms with Gasteiger partial charge in [-0.3, -0.25) is 0 Å². The van der Waals surface area contributed by atoms with Crippen LogP contribution in [0.4, 0.5) is 0 Å². The van der Waals surface area contributed by atoms with Crippen LogP contribution in [-0.2, 0) is 12.0 Å². The van der Waals surface area contributed by atoms with Crippen LogP contribution in [-0.4, -0.2) is 15.8 Å². The summed E-state index contributed by atoms with van der Waals surface area (Å²) < 4.78 is 0. The molecule has 0 aliphatic heterocycles. The summed E-state index contributed by atoms with van der Waals surface area (Å²) in [4.78, 5) is 4.90. The van der Waals surface area contributed by atoms with Crippen molar-refractivity contribution in [3.05, 3.63) is 108 Å². The Morgan fingerprint density at radius 1 is 0.909 bits per heavy atom. The van der Waals surface area contributed by atoms with E-state index in [0.717, 1.165) is 40.8 Å². The van der Waals surface area contributed by atoms with Crippen molar-refractivity contribution in [2.45, 2.75) is 29.9 Å². The van der Waals surface area contributed by atoms with Crippen LogP contribution >= 0.6 is 11.8 Å². The first-order chi connectivity index (χ1) is 16.2. The zero-order chi connectivity index (χ0) is 22.7. The molecule has 1 N–H and O–H groups in total. The summed E-state index contributed by atoms with van der Waals surface area (Å²) in [5, 5.41) is 22.4. The lowest BCUT2D eigenvalue weighted by atomic mass is 9.80. The maximum absolute atomic E-state index is 11.6. The Hall–Kier alpha value is -3.39. The molecule has 33 heavy (non-hydrogen) atoms. The summed E-state index contributed by atoms with van der Waals surface area (Å²) in [7, 11) is 0. The monoisotopic (exact) mass is 448 g/mol. The molecule has 4 aromatic rings. The minimum absolute atomic E-state index is 0.457. The van der Waals surface area contributed by atoms with Crippen LogP contribution in [0.1, 0.15) is 29.5 Å². The van der Waals surface area contributed by atoms with Gasteiger partial charge in [0.25, 0.3) is 0 Å². The highest BCUT2D eigenvalue weighted by Crippen LogP contribution is 2.41. The Bertz CT molecular complexity index is 1310. The molecule has 0 unspecified atom stereocenters. The van der Waals surface area contributed by atoms with Crippen molar-refractivity contribution >= 4 is 11.8 Å². The molecule has 0 radical (unpaired) electrons. The molecular formula is C29H24N2OS. The van der Waals surface area contributed by atoms with E-state index < -0.39 is 5.60 Å². The second-order valence-corrected chi connectivity index (χ2v) is 9.37. The van der Waals surface area contributed by atoms with Gasteiger partial charge in [0.05, 0.1) is 16.9 Å². The zero-order valence-corrected chi connectivity index (χ0v) is 19.1. The SMILES string of the molecule is N#Cc1c(-c2ccccc2)cc(-c2ccccc2)nc1SC[C@@]1(O)CCCc2ccccc21. The van der Waals surface area contributed by atoms with E-state index in [-0.39, 0.29) is 0 Å². The van der Waals surface area contributed by atoms with Gasteiger partial charge in [-0.2, -0.15) is 5.26 Å². The van der Waals surface area contributed by atoms with Crippen LogP contribution < -0.4 is 0 Å². The summed E-state index contributed by atoms with van der Waals surface area (Å²) in [5.41, 5.74) is 5.52. The lowest BCUT2D eigenvalue weighted by Gasteiger charge is -2.34. The quantitative estimate of drug-likeness (QED) is 0.349. The molecule has 1 aliphatic carbocycles. The van der Waals surface area contributed by atoms with Crippen LogP contribution in [0.25, 0.3) is 22.4 Å². The topological polar surface area (TPSA) is 56.9 Å². The summed E-state index contributed by atoms with van der Waals surface area (Å²) in [5.74, 6) is 0.457. The summed E-state index contributed by atoms with van der Waals surface area (Å²) in [6.45, 7) is 0. The molecule has 162 valence electrons. The number of nitrogens with zero attached hydrogens (tertiary/aromatic N) is 2. The van der Waals surface area contributed by atoms with Crippen LogP contribution in [0.3, 0.4) is 0 Å². The standard InChI is InChI=1S/C29H24N2OS/c30-19-25-24(21-10-3-1-4-11-21)18-27(23-13-5-2-6-14-23)31-28(25)33-20-29(32)17-9-15-22-12-7-8-16-26(22)29/h1-8,10-14,16,18,32H,9,15,17,20H2/t29-/m0/s1. The Morgan fingerprint density at radius 2 is 1.58 bits per heavy atom. The first-order valence-corrected chi connectivity index (χ1v) is 12.2. The molecule has 3 aromatic carbocycles. The van der Waals surface area contributed by atoms with Crippen molar-refractivity contribution in [3.63, 3.8) is 0 Å². The van der Waals surface area contributed by atoms with E-state index >= 15 is 0 Å². The lowest BCUT2D eigenvalue weighted by molar-refractivity contribution is 0.0438. The molecule has 3 nitrogen and oxygen atoms in total. The fraction of sp³-hybridized carbons (Fsp3) is 0.172. The zero-order valence-electron chi connectivity index (χ0n) is 18.2. The fourth-order valence-corrected chi connectivity index (χ4v) is 5.71. The predicted octanol–water partition coefficient (Wildman–Crippen LogP) is 6.60.